The summed E-state index contributed by atoms with van der Waals surface area (Å²) in [6, 6.07) is 19.3. The third-order valence-electron chi connectivity index (χ3n) is 5.68. The summed E-state index contributed by atoms with van der Waals surface area (Å²) in [5.74, 6) is -1.23. The van der Waals surface area contributed by atoms with E-state index in [1.807, 2.05) is 13.0 Å². The molecule has 3 rings (SSSR count). The Labute approximate surface area is 228 Å². The van der Waals surface area contributed by atoms with Crippen LogP contribution in [0.15, 0.2) is 82.6 Å². The van der Waals surface area contributed by atoms with Crippen LogP contribution in [0.5, 0.6) is 0 Å². The molecule has 0 bridgehead atoms. The van der Waals surface area contributed by atoms with Crippen molar-refractivity contribution >= 4 is 33.3 Å². The van der Waals surface area contributed by atoms with Crippen LogP contribution in [-0.2, 0) is 25.9 Å². The van der Waals surface area contributed by atoms with Crippen LogP contribution < -0.4 is 5.32 Å². The van der Waals surface area contributed by atoms with Crippen LogP contribution >= 0.6 is 11.6 Å². The zero-order valence-electron chi connectivity index (χ0n) is 21.3. The van der Waals surface area contributed by atoms with Gasteiger partial charge in [-0.1, -0.05) is 48.9 Å². The normalized spacial score (nSPS) is 12.1. The van der Waals surface area contributed by atoms with E-state index in [0.717, 1.165) is 16.2 Å². The molecule has 38 heavy (non-hydrogen) atoms. The lowest BCUT2D eigenvalue weighted by Crippen LogP contribution is -2.33. The van der Waals surface area contributed by atoms with E-state index in [2.05, 4.69) is 5.32 Å². The Morgan fingerprint density at radius 2 is 1.74 bits per heavy atom. The molecule has 10 heteroatoms. The number of halogens is 1. The second kappa shape index (κ2) is 13.5. The number of sulfone groups is 1. The number of nitrogens with zero attached hydrogens (tertiary/aromatic N) is 1. The van der Waals surface area contributed by atoms with E-state index < -0.39 is 27.8 Å². The van der Waals surface area contributed by atoms with Gasteiger partial charge in [0.15, 0.2) is 0 Å². The van der Waals surface area contributed by atoms with Gasteiger partial charge in [0.2, 0.25) is 9.84 Å². The number of benzene rings is 3. The van der Waals surface area contributed by atoms with Crippen molar-refractivity contribution in [3.05, 3.63) is 94.5 Å². The van der Waals surface area contributed by atoms with Crippen LogP contribution in [0.3, 0.4) is 0 Å². The second-order valence-electron chi connectivity index (χ2n) is 8.69. The van der Waals surface area contributed by atoms with Crippen LogP contribution in [0.2, 0.25) is 5.02 Å². The summed E-state index contributed by atoms with van der Waals surface area (Å²) in [6.07, 6.45) is 0.504. The van der Waals surface area contributed by atoms with Gasteiger partial charge < -0.3 is 15.3 Å². The Morgan fingerprint density at radius 1 is 1.03 bits per heavy atom. The fourth-order valence-corrected chi connectivity index (χ4v) is 5.27. The number of aliphatic hydroxyl groups excluding tert-OH is 1. The highest BCUT2D eigenvalue weighted by atomic mass is 35.5. The molecule has 1 atom stereocenters. The molecule has 0 aliphatic heterocycles. The van der Waals surface area contributed by atoms with E-state index in [9.17, 15) is 23.1 Å². The van der Waals surface area contributed by atoms with Crippen molar-refractivity contribution in [1.29, 1.82) is 0 Å². The lowest BCUT2D eigenvalue weighted by atomic mass is 10.1. The van der Waals surface area contributed by atoms with Crippen molar-refractivity contribution in [2.45, 2.75) is 42.6 Å². The van der Waals surface area contributed by atoms with Gasteiger partial charge in [0, 0.05) is 24.1 Å². The second-order valence-corrected chi connectivity index (χ2v) is 11.1. The van der Waals surface area contributed by atoms with Gasteiger partial charge in [-0.05, 0) is 73.0 Å². The number of carbonyl (C=O) groups excluding carboxylic acids is 2. The van der Waals surface area contributed by atoms with E-state index in [1.165, 1.54) is 43.3 Å². The van der Waals surface area contributed by atoms with Crippen molar-refractivity contribution in [3.63, 3.8) is 0 Å². The number of hydroxylamine groups is 2. The van der Waals surface area contributed by atoms with Gasteiger partial charge in [0.25, 0.3) is 5.91 Å². The summed E-state index contributed by atoms with van der Waals surface area (Å²) in [5, 5.41) is 15.0. The van der Waals surface area contributed by atoms with E-state index in [0.29, 0.717) is 31.0 Å². The highest BCUT2D eigenvalue weighted by Crippen LogP contribution is 2.23. The Morgan fingerprint density at radius 3 is 2.39 bits per heavy atom. The van der Waals surface area contributed by atoms with Crippen LogP contribution in [0.1, 0.15) is 47.9 Å². The summed E-state index contributed by atoms with van der Waals surface area (Å²) in [6.45, 7) is 4.15. The number of carbonyl (C=O) groups is 2. The SMILES string of the molecule is CCCN(OC(C)=O)C(=O)c1cccc(S(=O)(=O)c2ccc(CCNC[C@H](O)c3cccc(Cl)c3)cc2)c1. The zero-order valence-corrected chi connectivity index (χ0v) is 22.8. The predicted octanol–water partition coefficient (Wildman–Crippen LogP) is 4.37. The number of hydrogen-bond donors (Lipinski definition) is 2. The molecule has 0 aliphatic rings. The minimum Gasteiger partial charge on any atom is -0.387 e. The smallest absolute Gasteiger partial charge is 0.329 e. The molecule has 8 nitrogen and oxygen atoms in total. The number of rotatable bonds is 11. The minimum atomic E-state index is -3.88. The van der Waals surface area contributed by atoms with Gasteiger partial charge in [-0.15, -0.1) is 0 Å². The largest absolute Gasteiger partial charge is 0.387 e. The minimum absolute atomic E-state index is 0.0351. The Bertz CT molecular complexity index is 1360. The molecule has 3 aromatic carbocycles. The maximum Gasteiger partial charge on any atom is 0.329 e. The summed E-state index contributed by atoms with van der Waals surface area (Å²) >= 11 is 5.97. The average molecular weight is 559 g/mol. The molecule has 0 aliphatic carbocycles. The third kappa shape index (κ3) is 7.88. The van der Waals surface area contributed by atoms with Crippen LogP contribution in [0.4, 0.5) is 0 Å². The number of aliphatic hydroxyl groups is 1. The molecule has 0 spiro atoms. The highest BCUT2D eigenvalue weighted by Gasteiger charge is 2.23. The molecule has 2 N–H and O–H groups in total. The Balaban J connectivity index is 1.63. The Hall–Kier alpha value is -3.24. The van der Waals surface area contributed by atoms with E-state index in [4.69, 9.17) is 16.4 Å². The number of nitrogens with one attached hydrogen (secondary N) is 1. The molecule has 0 heterocycles. The summed E-state index contributed by atoms with van der Waals surface area (Å²) in [4.78, 5) is 29.2. The van der Waals surface area contributed by atoms with Crippen molar-refractivity contribution in [1.82, 2.24) is 10.4 Å². The monoisotopic (exact) mass is 558 g/mol. The first-order valence-corrected chi connectivity index (χ1v) is 14.1. The first-order valence-electron chi connectivity index (χ1n) is 12.2. The third-order valence-corrected chi connectivity index (χ3v) is 7.68. The van der Waals surface area contributed by atoms with Crippen molar-refractivity contribution in [2.75, 3.05) is 19.6 Å². The van der Waals surface area contributed by atoms with Gasteiger partial charge in [-0.3, -0.25) is 9.59 Å². The maximum atomic E-state index is 13.2. The predicted molar refractivity (Wildman–Crippen MR) is 144 cm³/mol. The van der Waals surface area contributed by atoms with Gasteiger partial charge >= 0.3 is 5.97 Å². The molecule has 0 saturated carbocycles. The zero-order chi connectivity index (χ0) is 27.7. The fraction of sp³-hybridized carbons (Fsp3) is 0.286. The lowest BCUT2D eigenvalue weighted by molar-refractivity contribution is -0.175. The lowest BCUT2D eigenvalue weighted by Gasteiger charge is -2.20. The number of hydrogen-bond acceptors (Lipinski definition) is 7. The van der Waals surface area contributed by atoms with Gasteiger partial charge in [-0.2, -0.15) is 5.06 Å². The van der Waals surface area contributed by atoms with E-state index in [1.54, 1.807) is 30.3 Å². The average Bonchev–Trinajstić information content (AvgIpc) is 2.90. The first kappa shape index (κ1) is 29.3. The van der Waals surface area contributed by atoms with Gasteiger partial charge in [0.05, 0.1) is 22.4 Å². The van der Waals surface area contributed by atoms with Gasteiger partial charge in [0.1, 0.15) is 0 Å². The molecule has 0 unspecified atom stereocenters. The van der Waals surface area contributed by atoms with Crippen molar-refractivity contribution in [3.8, 4) is 0 Å². The van der Waals surface area contributed by atoms with Crippen LogP contribution in [0.25, 0.3) is 0 Å². The van der Waals surface area contributed by atoms with Crippen LogP contribution in [-0.4, -0.2) is 50.1 Å². The van der Waals surface area contributed by atoms with Crippen molar-refractivity contribution < 1.29 is 28.0 Å². The highest BCUT2D eigenvalue weighted by molar-refractivity contribution is 7.91. The molecule has 0 fully saturated rings. The summed E-state index contributed by atoms with van der Waals surface area (Å²) in [7, 11) is -3.88. The number of amides is 1. The molecule has 0 radical (unpaired) electrons. The summed E-state index contributed by atoms with van der Waals surface area (Å²) in [5.41, 5.74) is 1.76. The maximum absolute atomic E-state index is 13.2. The van der Waals surface area contributed by atoms with E-state index in [-0.39, 0.29) is 21.9 Å². The van der Waals surface area contributed by atoms with Crippen LogP contribution in [0, 0.1) is 0 Å². The fourth-order valence-electron chi connectivity index (χ4n) is 3.76. The van der Waals surface area contributed by atoms with Gasteiger partial charge in [-0.25, -0.2) is 8.42 Å². The quantitative estimate of drug-likeness (QED) is 0.265. The molecule has 0 saturated heterocycles. The van der Waals surface area contributed by atoms with Crippen molar-refractivity contribution in [2.24, 2.45) is 0 Å². The molecule has 1 amide bonds. The summed E-state index contributed by atoms with van der Waals surface area (Å²) < 4.78 is 26.5. The first-order chi connectivity index (χ1) is 18.1. The molecule has 0 aromatic heterocycles. The standard InChI is InChI=1S/C28H31ClN2O6S/c1-3-16-31(37-20(2)32)28(34)23-7-5-9-26(18-23)38(35,36)25-12-10-21(11-13-25)14-15-30-19-27(33)22-6-4-8-24(29)17-22/h4-13,17-18,27,30,33H,3,14-16,19H2,1-2H3/t27-/m0/s1. The molecule has 3 aromatic rings. The topological polar surface area (TPSA) is 113 Å². The Kier molecular flexibility index (Phi) is 10.4. The van der Waals surface area contributed by atoms with E-state index >= 15 is 0 Å². The molecular formula is C28H31ClN2O6S. The molecular weight excluding hydrogens is 528 g/mol. The molecule has 202 valence electrons.